The molecular formula is C12H19N5O3. The van der Waals surface area contributed by atoms with Gasteiger partial charge in [0.15, 0.2) is 0 Å². The van der Waals surface area contributed by atoms with Crippen molar-refractivity contribution >= 4 is 17.7 Å². The van der Waals surface area contributed by atoms with Crippen molar-refractivity contribution in [1.29, 1.82) is 0 Å². The first-order valence-electron chi connectivity index (χ1n) is 6.53. The van der Waals surface area contributed by atoms with Crippen molar-refractivity contribution in [3.63, 3.8) is 0 Å². The Morgan fingerprint density at radius 3 is 3.05 bits per heavy atom. The van der Waals surface area contributed by atoms with Gasteiger partial charge in [-0.05, 0) is 26.4 Å². The van der Waals surface area contributed by atoms with Gasteiger partial charge in [-0.1, -0.05) is 0 Å². The molecule has 1 aliphatic heterocycles. The van der Waals surface area contributed by atoms with Gasteiger partial charge in [-0.2, -0.15) is 5.10 Å². The van der Waals surface area contributed by atoms with Gasteiger partial charge >= 0.3 is 12.0 Å². The lowest BCUT2D eigenvalue weighted by Gasteiger charge is -2.30. The molecule has 0 aromatic carbocycles. The van der Waals surface area contributed by atoms with E-state index in [1.807, 2.05) is 7.05 Å². The van der Waals surface area contributed by atoms with Gasteiger partial charge in [-0.15, -0.1) is 0 Å². The number of carbonyl (C=O) groups is 2. The van der Waals surface area contributed by atoms with Crippen LogP contribution in [0.1, 0.15) is 12.8 Å². The summed E-state index contributed by atoms with van der Waals surface area (Å²) in [7, 11) is 2.03. The summed E-state index contributed by atoms with van der Waals surface area (Å²) < 4.78 is 1.26. The SMILES string of the molecule is CN1CCCC(NC(=O)Nc2cnn(CC(=O)O)c2)C1. The predicted molar refractivity (Wildman–Crippen MR) is 72.5 cm³/mol. The number of aliphatic carboxylic acids is 1. The number of carboxylic acid groups (broad SMARTS) is 1. The molecule has 1 saturated heterocycles. The zero-order chi connectivity index (χ0) is 14.5. The second-order valence-electron chi connectivity index (χ2n) is 5.02. The summed E-state index contributed by atoms with van der Waals surface area (Å²) >= 11 is 0. The molecule has 110 valence electrons. The number of piperidine rings is 1. The molecule has 8 heteroatoms. The molecule has 20 heavy (non-hydrogen) atoms. The van der Waals surface area contributed by atoms with E-state index in [2.05, 4.69) is 20.6 Å². The van der Waals surface area contributed by atoms with E-state index in [1.165, 1.54) is 17.1 Å². The normalized spacial score (nSPS) is 19.6. The molecule has 2 amide bonds. The monoisotopic (exact) mass is 281 g/mol. The number of nitrogens with one attached hydrogen (secondary N) is 2. The summed E-state index contributed by atoms with van der Waals surface area (Å²) in [6.07, 6.45) is 4.95. The average Bonchev–Trinajstić information content (AvgIpc) is 2.75. The lowest BCUT2D eigenvalue weighted by molar-refractivity contribution is -0.137. The van der Waals surface area contributed by atoms with E-state index in [4.69, 9.17) is 5.11 Å². The van der Waals surface area contributed by atoms with Crippen LogP contribution >= 0.6 is 0 Å². The Bertz CT molecular complexity index is 487. The Labute approximate surface area is 116 Å². The van der Waals surface area contributed by atoms with Crippen molar-refractivity contribution in [2.24, 2.45) is 0 Å². The predicted octanol–water partition coefficient (Wildman–Crippen LogP) is 0.183. The molecule has 1 aliphatic rings. The van der Waals surface area contributed by atoms with E-state index >= 15 is 0 Å². The lowest BCUT2D eigenvalue weighted by Crippen LogP contribution is -2.47. The summed E-state index contributed by atoms with van der Waals surface area (Å²) in [5.74, 6) is -0.977. The summed E-state index contributed by atoms with van der Waals surface area (Å²) in [5, 5.41) is 18.0. The first kappa shape index (κ1) is 14.3. The zero-order valence-electron chi connectivity index (χ0n) is 11.4. The quantitative estimate of drug-likeness (QED) is 0.731. The highest BCUT2D eigenvalue weighted by Gasteiger charge is 2.19. The largest absolute Gasteiger partial charge is 0.480 e. The molecule has 2 rings (SSSR count). The Kier molecular flexibility index (Phi) is 4.57. The number of urea groups is 1. The zero-order valence-corrected chi connectivity index (χ0v) is 11.4. The van der Waals surface area contributed by atoms with Gasteiger partial charge in [-0.25, -0.2) is 4.79 Å². The Morgan fingerprint density at radius 1 is 1.55 bits per heavy atom. The number of nitrogens with zero attached hydrogens (tertiary/aromatic N) is 3. The van der Waals surface area contributed by atoms with Crippen LogP contribution in [0.2, 0.25) is 0 Å². The van der Waals surface area contributed by atoms with Crippen molar-refractivity contribution in [3.8, 4) is 0 Å². The van der Waals surface area contributed by atoms with E-state index in [1.54, 1.807) is 0 Å². The van der Waals surface area contributed by atoms with Gasteiger partial charge in [0.1, 0.15) is 6.54 Å². The fourth-order valence-corrected chi connectivity index (χ4v) is 2.29. The number of anilines is 1. The fourth-order valence-electron chi connectivity index (χ4n) is 2.29. The van der Waals surface area contributed by atoms with Gasteiger partial charge in [-0.3, -0.25) is 9.48 Å². The average molecular weight is 281 g/mol. The van der Waals surface area contributed by atoms with Crippen LogP contribution in [0.15, 0.2) is 12.4 Å². The van der Waals surface area contributed by atoms with Crippen molar-refractivity contribution in [3.05, 3.63) is 12.4 Å². The maximum absolute atomic E-state index is 11.8. The topological polar surface area (TPSA) is 99.5 Å². The molecule has 0 aliphatic carbocycles. The number of likely N-dealkylation sites (tertiary alicyclic amines) is 1. The van der Waals surface area contributed by atoms with Crippen LogP contribution in [-0.4, -0.2) is 58.0 Å². The van der Waals surface area contributed by atoms with Crippen molar-refractivity contribution < 1.29 is 14.7 Å². The minimum absolute atomic E-state index is 0.141. The molecule has 1 aromatic rings. The van der Waals surface area contributed by atoms with Crippen LogP contribution in [0.5, 0.6) is 0 Å². The maximum Gasteiger partial charge on any atom is 0.325 e. The van der Waals surface area contributed by atoms with Crippen LogP contribution in [0.4, 0.5) is 10.5 Å². The van der Waals surface area contributed by atoms with E-state index in [-0.39, 0.29) is 18.6 Å². The summed E-state index contributed by atoms with van der Waals surface area (Å²) in [4.78, 5) is 24.5. The molecule has 1 aromatic heterocycles. The number of likely N-dealkylation sites (N-methyl/N-ethyl adjacent to an activating group) is 1. The van der Waals surface area contributed by atoms with Gasteiger partial charge < -0.3 is 20.6 Å². The second-order valence-corrected chi connectivity index (χ2v) is 5.02. The maximum atomic E-state index is 11.8. The Balaban J connectivity index is 1.81. The van der Waals surface area contributed by atoms with Crippen LogP contribution in [0.25, 0.3) is 0 Å². The highest BCUT2D eigenvalue weighted by atomic mass is 16.4. The van der Waals surface area contributed by atoms with Crippen molar-refractivity contribution in [1.82, 2.24) is 20.0 Å². The molecular weight excluding hydrogens is 262 g/mol. The minimum atomic E-state index is -0.977. The third-order valence-electron chi connectivity index (χ3n) is 3.15. The second kappa shape index (κ2) is 6.38. The third kappa shape index (κ3) is 4.23. The van der Waals surface area contributed by atoms with Crippen LogP contribution < -0.4 is 10.6 Å². The van der Waals surface area contributed by atoms with E-state index in [0.717, 1.165) is 25.9 Å². The van der Waals surface area contributed by atoms with Crippen LogP contribution in [-0.2, 0) is 11.3 Å². The standard InChI is InChI=1S/C12H19N5O3/c1-16-4-2-3-9(6-16)14-12(20)15-10-5-13-17(7-10)8-11(18)19/h5,7,9H,2-4,6,8H2,1H3,(H,18,19)(H2,14,15,20). The molecule has 0 saturated carbocycles. The van der Waals surface area contributed by atoms with Gasteiger partial charge in [0, 0.05) is 18.8 Å². The molecule has 0 bridgehead atoms. The fraction of sp³-hybridized carbons (Fsp3) is 0.583. The number of amides is 2. The smallest absolute Gasteiger partial charge is 0.325 e. The molecule has 0 radical (unpaired) electrons. The van der Waals surface area contributed by atoms with Gasteiger partial charge in [0.2, 0.25) is 0 Å². The van der Waals surface area contributed by atoms with Gasteiger partial charge in [0.25, 0.3) is 0 Å². The number of rotatable bonds is 4. The highest BCUT2D eigenvalue weighted by Crippen LogP contribution is 2.09. The molecule has 1 fully saturated rings. The van der Waals surface area contributed by atoms with Crippen molar-refractivity contribution in [2.45, 2.75) is 25.4 Å². The molecule has 3 N–H and O–H groups in total. The number of hydrogen-bond donors (Lipinski definition) is 3. The summed E-state index contributed by atoms with van der Waals surface area (Å²) in [5.41, 5.74) is 0.480. The van der Waals surface area contributed by atoms with Crippen LogP contribution in [0, 0.1) is 0 Å². The van der Waals surface area contributed by atoms with Crippen molar-refractivity contribution in [2.75, 3.05) is 25.5 Å². The first-order chi connectivity index (χ1) is 9.52. The number of hydrogen-bond acceptors (Lipinski definition) is 4. The molecule has 1 unspecified atom stereocenters. The molecule has 2 heterocycles. The Hall–Kier alpha value is -2.09. The first-order valence-corrected chi connectivity index (χ1v) is 6.53. The van der Waals surface area contributed by atoms with E-state index in [9.17, 15) is 9.59 Å². The minimum Gasteiger partial charge on any atom is -0.480 e. The molecule has 1 atom stereocenters. The molecule has 0 spiro atoms. The Morgan fingerprint density at radius 2 is 2.35 bits per heavy atom. The third-order valence-corrected chi connectivity index (χ3v) is 3.15. The number of carboxylic acids is 1. The van der Waals surface area contributed by atoms with E-state index < -0.39 is 5.97 Å². The lowest BCUT2D eigenvalue weighted by atomic mass is 10.1. The van der Waals surface area contributed by atoms with E-state index in [0.29, 0.717) is 5.69 Å². The summed E-state index contributed by atoms with van der Waals surface area (Å²) in [6, 6.07) is -0.150. The summed E-state index contributed by atoms with van der Waals surface area (Å²) in [6.45, 7) is 1.67. The molecule has 8 nitrogen and oxygen atoms in total. The van der Waals surface area contributed by atoms with Crippen LogP contribution in [0.3, 0.4) is 0 Å². The highest BCUT2D eigenvalue weighted by molar-refractivity contribution is 5.89. The van der Waals surface area contributed by atoms with Gasteiger partial charge in [0.05, 0.1) is 11.9 Å². The number of aromatic nitrogens is 2. The number of carbonyl (C=O) groups excluding carboxylic acids is 1.